The topological polar surface area (TPSA) is 81.1 Å². The fourth-order valence-corrected chi connectivity index (χ4v) is 4.20. The number of halogens is 1. The minimum Gasteiger partial charge on any atom is -0.268 e. The maximum absolute atomic E-state index is 13.1. The number of rotatable bonds is 7. The summed E-state index contributed by atoms with van der Waals surface area (Å²) in [6, 6.07) is 14.2. The van der Waals surface area contributed by atoms with Gasteiger partial charge in [-0.1, -0.05) is 41.6 Å². The molecule has 0 radical (unpaired) electrons. The largest absolute Gasteiger partial charge is 0.268 e. The third kappa shape index (κ3) is 5.10. The van der Waals surface area contributed by atoms with Gasteiger partial charge < -0.3 is 0 Å². The van der Waals surface area contributed by atoms with Gasteiger partial charge in [-0.05, 0) is 36.8 Å². The molecule has 0 aliphatic heterocycles. The zero-order chi connectivity index (χ0) is 19.4. The second-order valence-electron chi connectivity index (χ2n) is 5.90. The summed E-state index contributed by atoms with van der Waals surface area (Å²) in [5.74, 6) is 0.605. The van der Waals surface area contributed by atoms with Crippen LogP contribution in [0.25, 0.3) is 16.6 Å². The Hall–Kier alpha value is -1.87. The summed E-state index contributed by atoms with van der Waals surface area (Å²) in [7, 11) is -3.21. The predicted octanol–water partition coefficient (Wildman–Crippen LogP) is 3.07. The number of hydrogen-bond donors (Lipinski definition) is 1. The maximum atomic E-state index is 13.1. The number of benzene rings is 2. The van der Waals surface area contributed by atoms with Gasteiger partial charge in [-0.2, -0.15) is 0 Å². The standard InChI is InChI=1S/C18H18ClN3O3S2/c1-27(24,25)20-10-5-11-26-18-21-16-9-3-2-8-15(16)17(23)22(18)14-7-4-6-13(19)12-14/h2-4,6-9,12,20H,5,10-11H2,1H3. The van der Waals surface area contributed by atoms with Gasteiger partial charge in [0.05, 0.1) is 22.8 Å². The summed E-state index contributed by atoms with van der Waals surface area (Å²) in [4.78, 5) is 17.7. The van der Waals surface area contributed by atoms with Gasteiger partial charge in [0.25, 0.3) is 5.56 Å². The highest BCUT2D eigenvalue weighted by atomic mass is 35.5. The molecule has 0 atom stereocenters. The smallest absolute Gasteiger partial charge is 0.266 e. The molecule has 0 spiro atoms. The first kappa shape index (κ1) is 19.9. The summed E-state index contributed by atoms with van der Waals surface area (Å²) >= 11 is 7.50. The van der Waals surface area contributed by atoms with E-state index in [9.17, 15) is 13.2 Å². The number of para-hydroxylation sites is 1. The average Bonchev–Trinajstić information content (AvgIpc) is 2.60. The van der Waals surface area contributed by atoms with Crippen molar-refractivity contribution in [2.75, 3.05) is 18.6 Å². The van der Waals surface area contributed by atoms with Gasteiger partial charge in [-0.3, -0.25) is 9.36 Å². The Labute approximate surface area is 166 Å². The quantitative estimate of drug-likeness (QED) is 0.359. The molecule has 0 saturated heterocycles. The number of thioether (sulfide) groups is 1. The molecule has 6 nitrogen and oxygen atoms in total. The first-order valence-corrected chi connectivity index (χ1v) is 11.5. The Morgan fingerprint density at radius 3 is 2.70 bits per heavy atom. The Morgan fingerprint density at radius 1 is 1.19 bits per heavy atom. The van der Waals surface area contributed by atoms with Crippen LogP contribution < -0.4 is 10.3 Å². The number of hydrogen-bond acceptors (Lipinski definition) is 5. The van der Waals surface area contributed by atoms with Crippen LogP contribution in [0.15, 0.2) is 58.5 Å². The van der Waals surface area contributed by atoms with Crippen LogP contribution >= 0.6 is 23.4 Å². The highest BCUT2D eigenvalue weighted by molar-refractivity contribution is 7.99. The van der Waals surface area contributed by atoms with E-state index >= 15 is 0 Å². The molecule has 1 aromatic heterocycles. The van der Waals surface area contributed by atoms with Crippen LogP contribution in [-0.4, -0.2) is 36.5 Å². The Kier molecular flexibility index (Phi) is 6.21. The van der Waals surface area contributed by atoms with Crippen molar-refractivity contribution in [3.05, 3.63) is 63.9 Å². The number of nitrogens with one attached hydrogen (secondary N) is 1. The molecule has 0 amide bonds. The van der Waals surface area contributed by atoms with Crippen molar-refractivity contribution in [2.24, 2.45) is 0 Å². The van der Waals surface area contributed by atoms with Crippen LogP contribution in [-0.2, 0) is 10.0 Å². The van der Waals surface area contributed by atoms with Gasteiger partial charge >= 0.3 is 0 Å². The lowest BCUT2D eigenvalue weighted by atomic mass is 10.2. The summed E-state index contributed by atoms with van der Waals surface area (Å²) in [5, 5.41) is 1.60. The van der Waals surface area contributed by atoms with Crippen LogP contribution in [0.5, 0.6) is 0 Å². The lowest BCUT2D eigenvalue weighted by Crippen LogP contribution is -2.24. The number of fused-ring (bicyclic) bond motifs is 1. The van der Waals surface area contributed by atoms with Crippen molar-refractivity contribution in [3.8, 4) is 5.69 Å². The van der Waals surface area contributed by atoms with Crippen LogP contribution in [0.1, 0.15) is 6.42 Å². The molecule has 142 valence electrons. The second-order valence-corrected chi connectivity index (χ2v) is 9.23. The highest BCUT2D eigenvalue weighted by Gasteiger charge is 2.13. The van der Waals surface area contributed by atoms with Gasteiger partial charge in [0, 0.05) is 17.3 Å². The summed E-state index contributed by atoms with van der Waals surface area (Å²) < 4.78 is 26.3. The van der Waals surface area contributed by atoms with Gasteiger partial charge in [0.1, 0.15) is 0 Å². The minimum absolute atomic E-state index is 0.167. The number of sulfonamides is 1. The van der Waals surface area contributed by atoms with E-state index in [1.165, 1.54) is 11.8 Å². The van der Waals surface area contributed by atoms with E-state index in [4.69, 9.17) is 11.6 Å². The third-order valence-corrected chi connectivity index (χ3v) is 5.72. The molecular weight excluding hydrogens is 406 g/mol. The number of nitrogens with zero attached hydrogens (tertiary/aromatic N) is 2. The van der Waals surface area contributed by atoms with E-state index in [0.29, 0.717) is 45.5 Å². The van der Waals surface area contributed by atoms with Gasteiger partial charge in [-0.25, -0.2) is 18.1 Å². The molecule has 0 fully saturated rings. The molecular formula is C18H18ClN3O3S2. The van der Waals surface area contributed by atoms with Crippen molar-refractivity contribution in [1.82, 2.24) is 14.3 Å². The molecule has 9 heteroatoms. The second kappa shape index (κ2) is 8.43. The van der Waals surface area contributed by atoms with Crippen LogP contribution in [0.4, 0.5) is 0 Å². The average molecular weight is 424 g/mol. The zero-order valence-corrected chi connectivity index (χ0v) is 16.9. The maximum Gasteiger partial charge on any atom is 0.266 e. The first-order valence-electron chi connectivity index (χ1n) is 8.20. The van der Waals surface area contributed by atoms with E-state index in [2.05, 4.69) is 9.71 Å². The summed E-state index contributed by atoms with van der Waals surface area (Å²) in [6.07, 6.45) is 1.73. The van der Waals surface area contributed by atoms with Crippen molar-refractivity contribution < 1.29 is 8.42 Å². The molecule has 0 unspecified atom stereocenters. The Morgan fingerprint density at radius 2 is 1.96 bits per heavy atom. The van der Waals surface area contributed by atoms with E-state index in [-0.39, 0.29) is 5.56 Å². The van der Waals surface area contributed by atoms with Crippen molar-refractivity contribution >= 4 is 44.3 Å². The van der Waals surface area contributed by atoms with Crippen LogP contribution in [0.2, 0.25) is 5.02 Å². The van der Waals surface area contributed by atoms with E-state index in [1.807, 2.05) is 6.07 Å². The molecule has 1 N–H and O–H groups in total. The monoisotopic (exact) mass is 423 g/mol. The molecule has 3 aromatic rings. The van der Waals surface area contributed by atoms with E-state index in [0.717, 1.165) is 6.26 Å². The fraction of sp³-hybridized carbons (Fsp3) is 0.222. The predicted molar refractivity (Wildman–Crippen MR) is 111 cm³/mol. The SMILES string of the molecule is CS(=O)(=O)NCCCSc1nc2ccccc2c(=O)n1-c1cccc(Cl)c1. The van der Waals surface area contributed by atoms with Gasteiger partial charge in [-0.15, -0.1) is 0 Å². The molecule has 27 heavy (non-hydrogen) atoms. The first-order chi connectivity index (χ1) is 12.8. The summed E-state index contributed by atoms with van der Waals surface area (Å²) in [5.41, 5.74) is 1.10. The van der Waals surface area contributed by atoms with Crippen LogP contribution in [0, 0.1) is 0 Å². The lowest BCUT2D eigenvalue weighted by Gasteiger charge is -2.13. The third-order valence-electron chi connectivity index (χ3n) is 3.73. The molecule has 2 aromatic carbocycles. The normalized spacial score (nSPS) is 11.8. The Bertz CT molecular complexity index is 1130. The van der Waals surface area contributed by atoms with Gasteiger partial charge in [0.15, 0.2) is 5.16 Å². The number of aromatic nitrogens is 2. The molecule has 0 bridgehead atoms. The summed E-state index contributed by atoms with van der Waals surface area (Å²) in [6.45, 7) is 0.334. The molecule has 0 aliphatic carbocycles. The van der Waals surface area contributed by atoms with Gasteiger partial charge in [0.2, 0.25) is 10.0 Å². The molecule has 0 aliphatic rings. The molecule has 3 rings (SSSR count). The zero-order valence-electron chi connectivity index (χ0n) is 14.6. The molecule has 0 saturated carbocycles. The van der Waals surface area contributed by atoms with Crippen molar-refractivity contribution in [2.45, 2.75) is 11.6 Å². The van der Waals surface area contributed by atoms with E-state index < -0.39 is 10.0 Å². The van der Waals surface area contributed by atoms with Crippen molar-refractivity contribution in [3.63, 3.8) is 0 Å². The highest BCUT2D eigenvalue weighted by Crippen LogP contribution is 2.23. The lowest BCUT2D eigenvalue weighted by molar-refractivity contribution is 0.587. The van der Waals surface area contributed by atoms with Crippen LogP contribution in [0.3, 0.4) is 0 Å². The fourth-order valence-electron chi connectivity index (χ4n) is 2.55. The Balaban J connectivity index is 1.95. The minimum atomic E-state index is -3.21. The molecule has 1 heterocycles. The van der Waals surface area contributed by atoms with Crippen molar-refractivity contribution in [1.29, 1.82) is 0 Å². The van der Waals surface area contributed by atoms with E-state index in [1.54, 1.807) is 47.0 Å².